The Kier molecular flexibility index (Phi) is 4.46. The third-order valence-electron chi connectivity index (χ3n) is 4.74. The summed E-state index contributed by atoms with van der Waals surface area (Å²) in [6.45, 7) is 2.23. The molecule has 11 nitrogen and oxygen atoms in total. The van der Waals surface area contributed by atoms with Crippen molar-refractivity contribution in [1.29, 1.82) is 0 Å². The molecule has 0 spiro atoms. The van der Waals surface area contributed by atoms with E-state index in [0.717, 1.165) is 0 Å². The van der Waals surface area contributed by atoms with Crippen LogP contribution in [0.1, 0.15) is 19.1 Å². The lowest BCUT2D eigenvalue weighted by molar-refractivity contribution is -0.389. The second kappa shape index (κ2) is 7.16. The molecule has 0 bridgehead atoms. The SMILES string of the molecule is CC1OC(c2nc(-c3cnn(-c4ccc(N5C[C@H](CN)OC5=O)cc4F)c3)no2)O1. The van der Waals surface area contributed by atoms with E-state index in [1.807, 2.05) is 0 Å². The molecule has 2 aromatic heterocycles. The summed E-state index contributed by atoms with van der Waals surface area (Å²) < 4.78 is 36.9. The summed E-state index contributed by atoms with van der Waals surface area (Å²) >= 11 is 0. The molecule has 4 heterocycles. The Labute approximate surface area is 169 Å². The summed E-state index contributed by atoms with van der Waals surface area (Å²) in [4.78, 5) is 17.5. The molecule has 2 N–H and O–H groups in total. The summed E-state index contributed by atoms with van der Waals surface area (Å²) in [7, 11) is 0. The van der Waals surface area contributed by atoms with E-state index >= 15 is 0 Å². The minimum Gasteiger partial charge on any atom is -0.443 e. The van der Waals surface area contributed by atoms with Gasteiger partial charge in [-0.1, -0.05) is 5.16 Å². The lowest BCUT2D eigenvalue weighted by Gasteiger charge is -2.30. The molecule has 2 aliphatic heterocycles. The molecule has 30 heavy (non-hydrogen) atoms. The fraction of sp³-hybridized carbons (Fsp3) is 0.333. The van der Waals surface area contributed by atoms with Crippen LogP contribution in [-0.4, -0.2) is 51.5 Å². The number of hydrogen-bond donors (Lipinski definition) is 1. The maximum Gasteiger partial charge on any atom is 0.414 e. The molecule has 2 aliphatic rings. The number of ether oxygens (including phenoxy) is 3. The number of rotatable bonds is 5. The van der Waals surface area contributed by atoms with Gasteiger partial charge in [0.15, 0.2) is 12.1 Å². The minimum atomic E-state index is -0.683. The molecule has 156 valence electrons. The molecule has 1 atom stereocenters. The van der Waals surface area contributed by atoms with E-state index in [4.69, 9.17) is 24.5 Å². The van der Waals surface area contributed by atoms with E-state index in [0.29, 0.717) is 11.3 Å². The number of cyclic esters (lactones) is 1. The van der Waals surface area contributed by atoms with Crippen molar-refractivity contribution in [2.75, 3.05) is 18.0 Å². The number of halogens is 1. The highest BCUT2D eigenvalue weighted by atomic mass is 19.1. The molecular formula is C18H17FN6O5. The van der Waals surface area contributed by atoms with Gasteiger partial charge in [-0.15, -0.1) is 0 Å². The van der Waals surface area contributed by atoms with Crippen LogP contribution in [0.3, 0.4) is 0 Å². The van der Waals surface area contributed by atoms with E-state index in [-0.39, 0.29) is 36.8 Å². The molecule has 3 aromatic rings. The lowest BCUT2D eigenvalue weighted by atomic mass is 10.2. The lowest BCUT2D eigenvalue weighted by Crippen LogP contribution is -2.31. The summed E-state index contributed by atoms with van der Waals surface area (Å²) in [5.41, 5.74) is 6.62. The van der Waals surface area contributed by atoms with Crippen molar-refractivity contribution in [3.8, 4) is 17.1 Å². The minimum absolute atomic E-state index is 0.191. The summed E-state index contributed by atoms with van der Waals surface area (Å²) in [5, 5.41) is 8.03. The number of hydrogen-bond acceptors (Lipinski definition) is 9. The molecule has 2 fully saturated rings. The first-order chi connectivity index (χ1) is 14.5. The van der Waals surface area contributed by atoms with Crippen molar-refractivity contribution in [2.45, 2.75) is 25.6 Å². The zero-order chi connectivity index (χ0) is 20.8. The number of nitrogens with two attached hydrogens (primary N) is 1. The second-order valence-electron chi connectivity index (χ2n) is 6.79. The summed E-state index contributed by atoms with van der Waals surface area (Å²) in [6.07, 6.45) is 1.08. The number of anilines is 1. The molecule has 0 unspecified atom stereocenters. The summed E-state index contributed by atoms with van der Waals surface area (Å²) in [6, 6.07) is 4.37. The average molecular weight is 416 g/mol. The van der Waals surface area contributed by atoms with Gasteiger partial charge in [-0.25, -0.2) is 13.9 Å². The predicted octanol–water partition coefficient (Wildman–Crippen LogP) is 1.74. The molecular weight excluding hydrogens is 399 g/mol. The molecule has 1 aromatic carbocycles. The number of carbonyl (C=O) groups is 1. The number of benzene rings is 1. The maximum absolute atomic E-state index is 14.8. The molecule has 2 saturated heterocycles. The van der Waals surface area contributed by atoms with Crippen molar-refractivity contribution in [1.82, 2.24) is 19.9 Å². The second-order valence-corrected chi connectivity index (χ2v) is 6.79. The van der Waals surface area contributed by atoms with Crippen molar-refractivity contribution in [3.63, 3.8) is 0 Å². The number of nitrogens with zero attached hydrogens (tertiary/aromatic N) is 5. The zero-order valence-electron chi connectivity index (χ0n) is 15.8. The molecule has 0 saturated carbocycles. The Bertz CT molecular complexity index is 1090. The van der Waals surface area contributed by atoms with Crippen LogP contribution in [0.15, 0.2) is 35.1 Å². The van der Waals surface area contributed by atoms with E-state index in [9.17, 15) is 9.18 Å². The quantitative estimate of drug-likeness (QED) is 0.660. The van der Waals surface area contributed by atoms with Crippen LogP contribution in [0.2, 0.25) is 0 Å². The third kappa shape index (κ3) is 3.20. The Morgan fingerprint density at radius 3 is 2.87 bits per heavy atom. The monoisotopic (exact) mass is 416 g/mol. The average Bonchev–Trinajstić information content (AvgIpc) is 3.44. The normalized spacial score (nSPS) is 23.5. The van der Waals surface area contributed by atoms with Gasteiger partial charge in [0, 0.05) is 12.7 Å². The van der Waals surface area contributed by atoms with Crippen LogP contribution in [0.25, 0.3) is 17.1 Å². The standard InChI is InChI=1S/C18H17FN6O5/c1-9-27-17(28-9)16-22-15(23-30-16)10-6-21-25(7-10)14-3-2-11(4-13(14)19)24-8-12(5-20)29-18(24)26/h2-4,6-7,9,12,17H,5,8,20H2,1H3/t9?,12-,17?/m0/s1. The molecule has 1 amide bonds. The van der Waals surface area contributed by atoms with E-state index in [1.54, 1.807) is 19.2 Å². The van der Waals surface area contributed by atoms with Crippen molar-refractivity contribution in [2.24, 2.45) is 5.73 Å². The van der Waals surface area contributed by atoms with Gasteiger partial charge in [-0.2, -0.15) is 10.1 Å². The fourth-order valence-corrected chi connectivity index (χ4v) is 3.20. The largest absolute Gasteiger partial charge is 0.443 e. The molecule has 12 heteroatoms. The Balaban J connectivity index is 1.35. The van der Waals surface area contributed by atoms with Gasteiger partial charge in [0.25, 0.3) is 5.89 Å². The molecule has 0 radical (unpaired) electrons. The van der Waals surface area contributed by atoms with Crippen molar-refractivity contribution < 1.29 is 27.9 Å². The van der Waals surface area contributed by atoms with Crippen molar-refractivity contribution >= 4 is 11.8 Å². The highest BCUT2D eigenvalue weighted by molar-refractivity contribution is 5.89. The van der Waals surface area contributed by atoms with Crippen LogP contribution >= 0.6 is 0 Å². The highest BCUT2D eigenvalue weighted by Gasteiger charge is 2.34. The van der Waals surface area contributed by atoms with Gasteiger partial charge in [0.2, 0.25) is 12.1 Å². The van der Waals surface area contributed by atoms with Crippen LogP contribution < -0.4 is 10.6 Å². The topological polar surface area (TPSA) is 131 Å². The Morgan fingerprint density at radius 2 is 2.17 bits per heavy atom. The Morgan fingerprint density at radius 1 is 1.33 bits per heavy atom. The van der Waals surface area contributed by atoms with Crippen LogP contribution in [0.4, 0.5) is 14.9 Å². The van der Waals surface area contributed by atoms with Gasteiger partial charge in [-0.05, 0) is 25.1 Å². The van der Waals surface area contributed by atoms with Gasteiger partial charge in [0.1, 0.15) is 11.8 Å². The van der Waals surface area contributed by atoms with E-state index in [1.165, 1.54) is 27.9 Å². The van der Waals surface area contributed by atoms with Gasteiger partial charge in [-0.3, -0.25) is 4.90 Å². The van der Waals surface area contributed by atoms with Gasteiger partial charge in [0.05, 0.1) is 24.0 Å². The smallest absolute Gasteiger partial charge is 0.414 e. The Hall–Kier alpha value is -3.35. The third-order valence-corrected chi connectivity index (χ3v) is 4.74. The van der Waals surface area contributed by atoms with Crippen LogP contribution in [0, 0.1) is 5.82 Å². The van der Waals surface area contributed by atoms with Gasteiger partial charge >= 0.3 is 6.09 Å². The molecule has 0 aliphatic carbocycles. The first kappa shape index (κ1) is 18.7. The number of carbonyl (C=O) groups excluding carboxylic acids is 1. The molecule has 5 rings (SSSR count). The summed E-state index contributed by atoms with van der Waals surface area (Å²) in [5.74, 6) is -0.0995. The highest BCUT2D eigenvalue weighted by Crippen LogP contribution is 2.31. The van der Waals surface area contributed by atoms with E-state index in [2.05, 4.69) is 15.2 Å². The van der Waals surface area contributed by atoms with Gasteiger partial charge < -0.3 is 24.5 Å². The fourth-order valence-electron chi connectivity index (χ4n) is 3.20. The van der Waals surface area contributed by atoms with Crippen LogP contribution in [0.5, 0.6) is 0 Å². The van der Waals surface area contributed by atoms with Crippen molar-refractivity contribution in [3.05, 3.63) is 42.3 Å². The van der Waals surface area contributed by atoms with E-state index < -0.39 is 24.3 Å². The van der Waals surface area contributed by atoms with Crippen LogP contribution in [-0.2, 0) is 14.2 Å². The number of amides is 1. The number of aromatic nitrogens is 4. The first-order valence-corrected chi connectivity index (χ1v) is 9.19. The maximum atomic E-state index is 14.8. The predicted molar refractivity (Wildman–Crippen MR) is 97.9 cm³/mol. The first-order valence-electron chi connectivity index (χ1n) is 9.19. The zero-order valence-corrected chi connectivity index (χ0v) is 15.8.